The van der Waals surface area contributed by atoms with Crippen LogP contribution in [0.1, 0.15) is 64.8 Å². The molecular weight excluding hydrogens is 400 g/mol. The Bertz CT molecular complexity index is 888. The van der Waals surface area contributed by atoms with Crippen molar-refractivity contribution in [1.82, 2.24) is 19.9 Å². The zero-order valence-corrected chi connectivity index (χ0v) is 20.9. The molecule has 1 saturated heterocycles. The fourth-order valence-corrected chi connectivity index (χ4v) is 4.00. The number of hydrogen-bond donors (Lipinski definition) is 1. The molecule has 0 spiro atoms. The van der Waals surface area contributed by atoms with Crippen LogP contribution in [0.2, 0.25) is 0 Å². The van der Waals surface area contributed by atoms with E-state index in [2.05, 4.69) is 68.9 Å². The molecule has 7 nitrogen and oxygen atoms in total. The van der Waals surface area contributed by atoms with Gasteiger partial charge >= 0.3 is 0 Å². The number of nitrogens with one attached hydrogen (secondary N) is 1. The summed E-state index contributed by atoms with van der Waals surface area (Å²) in [6.07, 6.45) is 2.80. The van der Waals surface area contributed by atoms with Crippen molar-refractivity contribution < 1.29 is 4.74 Å². The maximum Gasteiger partial charge on any atom is 0.257 e. The minimum atomic E-state index is 0.139. The first-order chi connectivity index (χ1) is 15.4. The summed E-state index contributed by atoms with van der Waals surface area (Å²) in [7, 11) is 4.05. The number of hydrogen-bond acceptors (Lipinski definition) is 7. The van der Waals surface area contributed by atoms with Gasteiger partial charge in [-0.05, 0) is 44.4 Å². The summed E-state index contributed by atoms with van der Waals surface area (Å²) in [6.45, 7) is 14.8. The minimum Gasteiger partial charge on any atom is -0.472 e. The molecule has 0 radical (unpaired) electrons. The SMILES string of the molecule is CCc1nc(OC(CC)CC)c(NC)nc1-c1ccc(C(C)C)nc1N1CCN(C)CC1. The number of rotatable bonds is 9. The van der Waals surface area contributed by atoms with Crippen molar-refractivity contribution in [3.63, 3.8) is 0 Å². The Balaban J connectivity index is 2.11. The quantitative estimate of drug-likeness (QED) is 0.612. The Morgan fingerprint density at radius 3 is 2.25 bits per heavy atom. The smallest absolute Gasteiger partial charge is 0.257 e. The molecule has 0 atom stereocenters. The second-order valence-corrected chi connectivity index (χ2v) is 8.88. The van der Waals surface area contributed by atoms with Gasteiger partial charge in [0.05, 0.1) is 11.4 Å². The average molecular weight is 441 g/mol. The van der Waals surface area contributed by atoms with Crippen LogP contribution < -0.4 is 15.0 Å². The summed E-state index contributed by atoms with van der Waals surface area (Å²) in [5.41, 5.74) is 4.00. The molecule has 7 heteroatoms. The van der Waals surface area contributed by atoms with Crippen LogP contribution in [0.5, 0.6) is 5.88 Å². The van der Waals surface area contributed by atoms with Gasteiger partial charge in [0.15, 0.2) is 5.82 Å². The van der Waals surface area contributed by atoms with E-state index in [1.54, 1.807) is 0 Å². The first kappa shape index (κ1) is 24.2. The number of pyridine rings is 1. The molecule has 0 unspecified atom stereocenters. The minimum absolute atomic E-state index is 0.139. The van der Waals surface area contributed by atoms with Crippen LogP contribution in [0.3, 0.4) is 0 Å². The topological polar surface area (TPSA) is 66.4 Å². The molecule has 0 bridgehead atoms. The molecule has 1 aliphatic heterocycles. The third kappa shape index (κ3) is 5.31. The standard InChI is InChI=1S/C25H40N6O/c1-8-18(9-2)32-25-23(26-6)29-22(20(10-3)28-25)19-11-12-21(17(4)5)27-24(19)31-15-13-30(7)14-16-31/h11-12,17-18H,8-10,13-16H2,1-7H3,(H,26,29). The molecule has 0 amide bonds. The van der Waals surface area contributed by atoms with Crippen LogP contribution in [0.25, 0.3) is 11.3 Å². The Hall–Kier alpha value is -2.41. The van der Waals surface area contributed by atoms with E-state index in [9.17, 15) is 0 Å². The molecule has 0 saturated carbocycles. The Labute approximate surface area is 193 Å². The molecule has 1 fully saturated rings. The van der Waals surface area contributed by atoms with Gasteiger partial charge in [0.25, 0.3) is 5.88 Å². The lowest BCUT2D eigenvalue weighted by Gasteiger charge is -2.34. The lowest BCUT2D eigenvalue weighted by molar-refractivity contribution is 0.185. The molecule has 2 aromatic rings. The first-order valence-electron chi connectivity index (χ1n) is 12.1. The number of piperazine rings is 1. The van der Waals surface area contributed by atoms with E-state index in [1.807, 2.05) is 7.05 Å². The van der Waals surface area contributed by atoms with Crippen LogP contribution >= 0.6 is 0 Å². The van der Waals surface area contributed by atoms with Crippen molar-refractivity contribution in [1.29, 1.82) is 0 Å². The highest BCUT2D eigenvalue weighted by Gasteiger charge is 2.24. The third-order valence-electron chi connectivity index (χ3n) is 6.24. The van der Waals surface area contributed by atoms with E-state index >= 15 is 0 Å². The molecule has 0 aliphatic carbocycles. The fourth-order valence-electron chi connectivity index (χ4n) is 4.00. The predicted octanol–water partition coefficient (Wildman–Crippen LogP) is 4.59. The van der Waals surface area contributed by atoms with Gasteiger partial charge < -0.3 is 19.9 Å². The normalized spacial score (nSPS) is 15.0. The van der Waals surface area contributed by atoms with Gasteiger partial charge in [-0.25, -0.2) is 15.0 Å². The van der Waals surface area contributed by atoms with Crippen LogP contribution in [-0.4, -0.2) is 66.2 Å². The van der Waals surface area contributed by atoms with Gasteiger partial charge in [-0.3, -0.25) is 0 Å². The number of anilines is 2. The molecule has 3 heterocycles. The average Bonchev–Trinajstić information content (AvgIpc) is 2.82. The van der Waals surface area contributed by atoms with Crippen molar-refractivity contribution in [3.05, 3.63) is 23.5 Å². The number of aryl methyl sites for hydroxylation is 1. The second-order valence-electron chi connectivity index (χ2n) is 8.88. The fraction of sp³-hybridized carbons (Fsp3) is 0.640. The summed E-state index contributed by atoms with van der Waals surface area (Å²) < 4.78 is 6.21. The predicted molar refractivity (Wildman–Crippen MR) is 133 cm³/mol. The van der Waals surface area contributed by atoms with E-state index in [0.717, 1.165) is 73.9 Å². The van der Waals surface area contributed by atoms with E-state index in [1.165, 1.54) is 0 Å². The number of aromatic nitrogens is 3. The van der Waals surface area contributed by atoms with Crippen molar-refractivity contribution in [2.24, 2.45) is 0 Å². The molecule has 1 N–H and O–H groups in total. The summed E-state index contributed by atoms with van der Waals surface area (Å²) in [6, 6.07) is 4.31. The second kappa shape index (κ2) is 10.9. The van der Waals surface area contributed by atoms with Gasteiger partial charge in [0, 0.05) is 44.5 Å². The van der Waals surface area contributed by atoms with Crippen molar-refractivity contribution in [2.75, 3.05) is 50.5 Å². The maximum atomic E-state index is 6.21. The Morgan fingerprint density at radius 1 is 1.00 bits per heavy atom. The van der Waals surface area contributed by atoms with Crippen molar-refractivity contribution in [3.8, 4) is 17.1 Å². The zero-order chi connectivity index (χ0) is 23.3. The van der Waals surface area contributed by atoms with Crippen molar-refractivity contribution in [2.45, 2.75) is 65.9 Å². The largest absolute Gasteiger partial charge is 0.472 e. The Morgan fingerprint density at radius 2 is 1.69 bits per heavy atom. The van der Waals surface area contributed by atoms with E-state index in [4.69, 9.17) is 19.7 Å². The highest BCUT2D eigenvalue weighted by atomic mass is 16.5. The van der Waals surface area contributed by atoms with E-state index < -0.39 is 0 Å². The molecular formula is C25H40N6O. The zero-order valence-electron chi connectivity index (χ0n) is 20.9. The van der Waals surface area contributed by atoms with Crippen LogP contribution in [0, 0.1) is 0 Å². The number of nitrogens with zero attached hydrogens (tertiary/aromatic N) is 5. The highest BCUT2D eigenvalue weighted by Crippen LogP contribution is 2.35. The number of likely N-dealkylation sites (N-methyl/N-ethyl adjacent to an activating group) is 1. The van der Waals surface area contributed by atoms with Gasteiger partial charge in [-0.1, -0.05) is 34.6 Å². The highest BCUT2D eigenvalue weighted by molar-refractivity contribution is 5.76. The monoisotopic (exact) mass is 440 g/mol. The van der Waals surface area contributed by atoms with Crippen molar-refractivity contribution >= 4 is 11.6 Å². The van der Waals surface area contributed by atoms with E-state index in [0.29, 0.717) is 17.6 Å². The molecule has 176 valence electrons. The summed E-state index contributed by atoms with van der Waals surface area (Å²) in [5.74, 6) is 2.66. The molecule has 32 heavy (non-hydrogen) atoms. The summed E-state index contributed by atoms with van der Waals surface area (Å²) in [5, 5.41) is 3.21. The molecule has 2 aromatic heterocycles. The van der Waals surface area contributed by atoms with Crippen LogP contribution in [0.4, 0.5) is 11.6 Å². The van der Waals surface area contributed by atoms with Crippen LogP contribution in [0.15, 0.2) is 12.1 Å². The third-order valence-corrected chi connectivity index (χ3v) is 6.24. The Kier molecular flexibility index (Phi) is 8.29. The molecule has 0 aromatic carbocycles. The van der Waals surface area contributed by atoms with Gasteiger partial charge in [0.1, 0.15) is 11.9 Å². The summed E-state index contributed by atoms with van der Waals surface area (Å²) >= 11 is 0. The molecule has 1 aliphatic rings. The van der Waals surface area contributed by atoms with Gasteiger partial charge in [0.2, 0.25) is 0 Å². The summed E-state index contributed by atoms with van der Waals surface area (Å²) in [4.78, 5) is 19.8. The maximum absolute atomic E-state index is 6.21. The number of ether oxygens (including phenoxy) is 1. The van der Waals surface area contributed by atoms with Gasteiger partial charge in [-0.15, -0.1) is 0 Å². The van der Waals surface area contributed by atoms with Gasteiger partial charge in [-0.2, -0.15) is 0 Å². The lowest BCUT2D eigenvalue weighted by Crippen LogP contribution is -2.45. The van der Waals surface area contributed by atoms with Crippen LogP contribution in [-0.2, 0) is 6.42 Å². The first-order valence-corrected chi connectivity index (χ1v) is 12.1. The lowest BCUT2D eigenvalue weighted by atomic mass is 10.0. The van der Waals surface area contributed by atoms with E-state index in [-0.39, 0.29) is 6.10 Å². The molecule has 3 rings (SSSR count).